The standard InChI is InChI=1S/C18H24N4O/c1-6-22(14-9-7-8-13(2)12-14)17-19-11-10-15(20-17)16(23)21-18(3,4)5/h7-12H,6H2,1-5H3,(H,21,23). The van der Waals surface area contributed by atoms with Gasteiger partial charge in [0.15, 0.2) is 0 Å². The van der Waals surface area contributed by atoms with Crippen molar-refractivity contribution >= 4 is 17.5 Å². The molecule has 122 valence electrons. The smallest absolute Gasteiger partial charge is 0.270 e. The molecular formula is C18H24N4O. The van der Waals surface area contributed by atoms with Crippen molar-refractivity contribution < 1.29 is 4.79 Å². The second-order valence-electron chi connectivity index (χ2n) is 6.53. The lowest BCUT2D eigenvalue weighted by molar-refractivity contribution is 0.0914. The lowest BCUT2D eigenvalue weighted by atomic mass is 10.1. The van der Waals surface area contributed by atoms with E-state index in [4.69, 9.17) is 0 Å². The minimum absolute atomic E-state index is 0.193. The normalized spacial score (nSPS) is 11.2. The first-order chi connectivity index (χ1) is 10.8. The first-order valence-electron chi connectivity index (χ1n) is 7.80. The zero-order valence-electron chi connectivity index (χ0n) is 14.4. The maximum Gasteiger partial charge on any atom is 0.270 e. The largest absolute Gasteiger partial charge is 0.346 e. The third-order valence-electron chi connectivity index (χ3n) is 3.24. The Kier molecular flexibility index (Phi) is 4.98. The molecule has 1 heterocycles. The number of aryl methyl sites for hydroxylation is 1. The number of hydrogen-bond acceptors (Lipinski definition) is 4. The predicted octanol–water partition coefficient (Wildman–Crippen LogP) is 3.47. The minimum Gasteiger partial charge on any atom is -0.346 e. The third-order valence-corrected chi connectivity index (χ3v) is 3.24. The summed E-state index contributed by atoms with van der Waals surface area (Å²) < 4.78 is 0. The van der Waals surface area contributed by atoms with Gasteiger partial charge in [0.05, 0.1) is 0 Å². The number of anilines is 2. The van der Waals surface area contributed by atoms with E-state index in [0.29, 0.717) is 18.2 Å². The molecule has 2 rings (SSSR count). The highest BCUT2D eigenvalue weighted by Gasteiger charge is 2.18. The van der Waals surface area contributed by atoms with E-state index in [1.165, 1.54) is 5.56 Å². The number of carbonyl (C=O) groups is 1. The number of aromatic nitrogens is 2. The second kappa shape index (κ2) is 6.77. The fourth-order valence-electron chi connectivity index (χ4n) is 2.24. The van der Waals surface area contributed by atoms with Gasteiger partial charge in [-0.1, -0.05) is 12.1 Å². The van der Waals surface area contributed by atoms with Gasteiger partial charge in [-0.15, -0.1) is 0 Å². The van der Waals surface area contributed by atoms with Crippen LogP contribution < -0.4 is 10.2 Å². The molecule has 5 heteroatoms. The van der Waals surface area contributed by atoms with Crippen molar-refractivity contribution in [3.63, 3.8) is 0 Å². The van der Waals surface area contributed by atoms with Crippen molar-refractivity contribution in [1.82, 2.24) is 15.3 Å². The number of nitrogens with one attached hydrogen (secondary N) is 1. The van der Waals surface area contributed by atoms with Crippen LogP contribution in [-0.4, -0.2) is 28.0 Å². The molecule has 0 unspecified atom stereocenters. The summed E-state index contributed by atoms with van der Waals surface area (Å²) in [7, 11) is 0. The van der Waals surface area contributed by atoms with Gasteiger partial charge in [-0.3, -0.25) is 4.79 Å². The quantitative estimate of drug-likeness (QED) is 0.939. The molecule has 0 fully saturated rings. The topological polar surface area (TPSA) is 58.1 Å². The molecule has 0 bridgehead atoms. The fraction of sp³-hybridized carbons (Fsp3) is 0.389. The molecule has 2 aromatic rings. The van der Waals surface area contributed by atoms with Crippen LogP contribution in [0.5, 0.6) is 0 Å². The van der Waals surface area contributed by atoms with E-state index in [2.05, 4.69) is 21.4 Å². The van der Waals surface area contributed by atoms with Crippen LogP contribution >= 0.6 is 0 Å². The van der Waals surface area contributed by atoms with E-state index < -0.39 is 0 Å². The molecule has 1 N–H and O–H groups in total. The fourth-order valence-corrected chi connectivity index (χ4v) is 2.24. The second-order valence-corrected chi connectivity index (χ2v) is 6.53. The molecular weight excluding hydrogens is 288 g/mol. The van der Waals surface area contributed by atoms with Crippen LogP contribution in [-0.2, 0) is 0 Å². The van der Waals surface area contributed by atoms with Gasteiger partial charge in [0, 0.05) is 24.0 Å². The highest BCUT2D eigenvalue weighted by atomic mass is 16.2. The van der Waals surface area contributed by atoms with Crippen molar-refractivity contribution in [2.75, 3.05) is 11.4 Å². The Morgan fingerprint density at radius 1 is 1.26 bits per heavy atom. The van der Waals surface area contributed by atoms with Gasteiger partial charge < -0.3 is 10.2 Å². The zero-order chi connectivity index (χ0) is 17.0. The predicted molar refractivity (Wildman–Crippen MR) is 93.1 cm³/mol. The van der Waals surface area contributed by atoms with Crippen molar-refractivity contribution in [1.29, 1.82) is 0 Å². The summed E-state index contributed by atoms with van der Waals surface area (Å²) in [4.78, 5) is 23.0. The molecule has 0 atom stereocenters. The molecule has 0 spiro atoms. The number of carbonyl (C=O) groups excluding carboxylic acids is 1. The zero-order valence-corrected chi connectivity index (χ0v) is 14.4. The lowest BCUT2D eigenvalue weighted by Gasteiger charge is -2.23. The van der Waals surface area contributed by atoms with Crippen LogP contribution in [0, 0.1) is 6.92 Å². The Labute approximate surface area is 137 Å². The first kappa shape index (κ1) is 16.9. The van der Waals surface area contributed by atoms with Gasteiger partial charge in [0.25, 0.3) is 5.91 Å². The highest BCUT2D eigenvalue weighted by Crippen LogP contribution is 2.22. The summed E-state index contributed by atoms with van der Waals surface area (Å²) in [6.45, 7) is 10.6. The van der Waals surface area contributed by atoms with Gasteiger partial charge in [0.1, 0.15) is 5.69 Å². The van der Waals surface area contributed by atoms with Gasteiger partial charge in [-0.25, -0.2) is 9.97 Å². The summed E-state index contributed by atoms with van der Waals surface area (Å²) in [5.41, 5.74) is 2.25. The number of hydrogen-bond donors (Lipinski definition) is 1. The lowest BCUT2D eigenvalue weighted by Crippen LogP contribution is -2.41. The highest BCUT2D eigenvalue weighted by molar-refractivity contribution is 5.93. The van der Waals surface area contributed by atoms with Gasteiger partial charge in [-0.05, 0) is 58.4 Å². The average Bonchev–Trinajstić information content (AvgIpc) is 2.47. The van der Waals surface area contributed by atoms with Crippen LogP contribution in [0.3, 0.4) is 0 Å². The van der Waals surface area contributed by atoms with Crippen LogP contribution in [0.2, 0.25) is 0 Å². The van der Waals surface area contributed by atoms with Crippen molar-refractivity contribution in [2.24, 2.45) is 0 Å². The van der Waals surface area contributed by atoms with Gasteiger partial charge in [-0.2, -0.15) is 0 Å². The van der Waals surface area contributed by atoms with E-state index in [-0.39, 0.29) is 11.4 Å². The molecule has 0 aliphatic carbocycles. The molecule has 0 saturated carbocycles. The van der Waals surface area contributed by atoms with Gasteiger partial charge >= 0.3 is 0 Å². The number of amides is 1. The van der Waals surface area contributed by atoms with E-state index in [1.54, 1.807) is 12.3 Å². The molecule has 0 aliphatic heterocycles. The molecule has 0 saturated heterocycles. The van der Waals surface area contributed by atoms with Crippen LogP contribution in [0.4, 0.5) is 11.6 Å². The van der Waals surface area contributed by atoms with Crippen LogP contribution in [0.1, 0.15) is 43.7 Å². The van der Waals surface area contributed by atoms with E-state index in [0.717, 1.165) is 5.69 Å². The maximum absolute atomic E-state index is 12.3. The van der Waals surface area contributed by atoms with Crippen molar-refractivity contribution in [3.8, 4) is 0 Å². The SMILES string of the molecule is CCN(c1cccc(C)c1)c1nccc(C(=O)NC(C)(C)C)n1. The van der Waals surface area contributed by atoms with Gasteiger partial charge in [0.2, 0.25) is 5.95 Å². The Morgan fingerprint density at radius 3 is 2.61 bits per heavy atom. The molecule has 0 aliphatic rings. The summed E-state index contributed by atoms with van der Waals surface area (Å²) in [5.74, 6) is 0.334. The maximum atomic E-state index is 12.3. The molecule has 5 nitrogen and oxygen atoms in total. The average molecular weight is 312 g/mol. The summed E-state index contributed by atoms with van der Waals surface area (Å²) >= 11 is 0. The Balaban J connectivity index is 2.32. The van der Waals surface area contributed by atoms with Crippen LogP contribution in [0.15, 0.2) is 36.5 Å². The van der Waals surface area contributed by atoms with Crippen molar-refractivity contribution in [3.05, 3.63) is 47.8 Å². The Hall–Kier alpha value is -2.43. The summed E-state index contributed by atoms with van der Waals surface area (Å²) in [6, 6.07) is 9.78. The monoisotopic (exact) mass is 312 g/mol. The molecule has 1 amide bonds. The van der Waals surface area contributed by atoms with Crippen LogP contribution in [0.25, 0.3) is 0 Å². The van der Waals surface area contributed by atoms with Crippen molar-refractivity contribution in [2.45, 2.75) is 40.2 Å². The van der Waals surface area contributed by atoms with E-state index >= 15 is 0 Å². The third kappa shape index (κ3) is 4.52. The number of nitrogens with zero attached hydrogens (tertiary/aromatic N) is 3. The Bertz CT molecular complexity index is 691. The summed E-state index contributed by atoms with van der Waals surface area (Å²) in [6.07, 6.45) is 1.62. The first-order valence-corrected chi connectivity index (χ1v) is 7.80. The minimum atomic E-state index is -0.302. The summed E-state index contributed by atoms with van der Waals surface area (Å²) in [5, 5.41) is 2.92. The molecule has 23 heavy (non-hydrogen) atoms. The number of benzene rings is 1. The van der Waals surface area contributed by atoms with E-state index in [1.807, 2.05) is 57.7 Å². The van der Waals surface area contributed by atoms with E-state index in [9.17, 15) is 4.79 Å². The number of rotatable bonds is 4. The molecule has 0 radical (unpaired) electrons. The molecule has 1 aromatic carbocycles. The Morgan fingerprint density at radius 2 is 2.00 bits per heavy atom. The molecule has 1 aromatic heterocycles.